The molecule has 0 spiro atoms. The number of hydrogen-bond acceptors (Lipinski definition) is 2. The monoisotopic (exact) mass is 210 g/mol. The summed E-state index contributed by atoms with van der Waals surface area (Å²) in [6.07, 6.45) is 1.17. The largest absolute Gasteiger partial charge is 0.412 e. The molecular weight excluding hydrogens is 187 g/mol. The van der Waals surface area contributed by atoms with Crippen molar-refractivity contribution in [3.05, 3.63) is 0 Å². The maximum Gasteiger partial charge on any atom is 0.155 e. The van der Waals surface area contributed by atoms with Gasteiger partial charge in [0.25, 0.3) is 0 Å². The van der Waals surface area contributed by atoms with Gasteiger partial charge in [-0.2, -0.15) is 0 Å². The molecule has 0 bridgehead atoms. The third-order valence-electron chi connectivity index (χ3n) is 1.82. The van der Waals surface area contributed by atoms with Gasteiger partial charge in [-0.25, -0.2) is 0 Å². The van der Waals surface area contributed by atoms with Crippen molar-refractivity contribution in [1.29, 1.82) is 0 Å². The molecular formula is C9H23O3P. The molecule has 82 valence electrons. The van der Waals surface area contributed by atoms with Crippen LogP contribution in [0.15, 0.2) is 0 Å². The molecule has 4 unspecified atom stereocenters. The lowest BCUT2D eigenvalue weighted by atomic mass is 10.3. The zero-order valence-electron chi connectivity index (χ0n) is 7.96. The van der Waals surface area contributed by atoms with Crippen LogP contribution in [0.4, 0.5) is 0 Å². The average Bonchev–Trinajstić information content (AvgIpc) is 1.83. The van der Waals surface area contributed by atoms with E-state index in [4.69, 9.17) is 9.47 Å². The van der Waals surface area contributed by atoms with Crippen LogP contribution in [0.25, 0.3) is 0 Å². The summed E-state index contributed by atoms with van der Waals surface area (Å²) in [7, 11) is 0.922. The second-order valence-corrected chi connectivity index (χ2v) is 5.21. The van der Waals surface area contributed by atoms with E-state index in [2.05, 4.69) is 13.8 Å². The van der Waals surface area contributed by atoms with Crippen LogP contribution in [0.1, 0.15) is 34.6 Å². The van der Waals surface area contributed by atoms with E-state index < -0.39 is 0 Å². The highest BCUT2D eigenvalue weighted by atomic mass is 31.1. The van der Waals surface area contributed by atoms with Gasteiger partial charge in [0.15, 0.2) is 6.29 Å². The lowest BCUT2D eigenvalue weighted by Gasteiger charge is -2.26. The molecule has 0 radical (unpaired) electrons. The zero-order valence-corrected chi connectivity index (χ0v) is 8.96. The summed E-state index contributed by atoms with van der Waals surface area (Å²) in [6.45, 7) is 7.21. The molecule has 13 heavy (non-hydrogen) atoms. The van der Waals surface area contributed by atoms with Crippen molar-refractivity contribution in [1.82, 2.24) is 0 Å². The fraction of sp³-hybridized carbons (Fsp3) is 1.00. The van der Waals surface area contributed by atoms with Gasteiger partial charge >= 0.3 is 0 Å². The van der Waals surface area contributed by atoms with Crippen molar-refractivity contribution < 1.29 is 14.9 Å². The van der Waals surface area contributed by atoms with E-state index in [1.54, 1.807) is 0 Å². The highest BCUT2D eigenvalue weighted by Gasteiger charge is 2.15. The molecule has 0 aromatic carbocycles. The summed E-state index contributed by atoms with van der Waals surface area (Å²) in [5.41, 5.74) is 0.762. The summed E-state index contributed by atoms with van der Waals surface area (Å²) in [5, 5.41) is 0. The molecule has 1 fully saturated rings. The first-order valence-corrected chi connectivity index (χ1v) is 5.37. The second-order valence-electron chi connectivity index (χ2n) is 3.07. The molecule has 3 nitrogen and oxygen atoms in total. The van der Waals surface area contributed by atoms with E-state index in [1.165, 1.54) is 6.42 Å². The van der Waals surface area contributed by atoms with Crippen molar-refractivity contribution in [2.24, 2.45) is 0 Å². The van der Waals surface area contributed by atoms with Crippen LogP contribution in [0.3, 0.4) is 0 Å². The summed E-state index contributed by atoms with van der Waals surface area (Å²) in [5.74, 6) is 0.375. The molecule has 0 aromatic heterocycles. The molecule has 1 saturated heterocycles. The third-order valence-corrected chi connectivity index (χ3v) is 3.28. The van der Waals surface area contributed by atoms with Gasteiger partial charge in [-0.3, -0.25) is 0 Å². The molecule has 1 heterocycles. The van der Waals surface area contributed by atoms with Crippen LogP contribution >= 0.6 is 8.58 Å². The average molecular weight is 210 g/mol. The third kappa shape index (κ3) is 6.39. The molecule has 2 N–H and O–H groups in total. The van der Waals surface area contributed by atoms with Gasteiger partial charge in [0.05, 0.1) is 12.5 Å². The van der Waals surface area contributed by atoms with Crippen molar-refractivity contribution in [2.45, 2.75) is 52.4 Å². The molecule has 0 aromatic rings. The van der Waals surface area contributed by atoms with Gasteiger partial charge in [-0.1, -0.05) is 22.9 Å². The molecule has 1 aliphatic heterocycles. The van der Waals surface area contributed by atoms with Crippen molar-refractivity contribution in [3.63, 3.8) is 0 Å². The Hall–Kier alpha value is 0.310. The summed E-state index contributed by atoms with van der Waals surface area (Å²) < 4.78 is 11.0. The SMILES string of the molecule is C.CC1OCCC(C)PC(C)O1.O. The number of rotatable bonds is 0. The summed E-state index contributed by atoms with van der Waals surface area (Å²) >= 11 is 0. The number of ether oxygens (including phenoxy) is 2. The standard InChI is InChI=1S/C8H17O2P.CH4.H2O/c1-6-4-5-9-7(2)10-8(3)11-6;;/h6-8,11H,4-5H2,1-3H3;1H4;1H2. The molecule has 4 atom stereocenters. The zero-order chi connectivity index (χ0) is 8.27. The van der Waals surface area contributed by atoms with Crippen LogP contribution in [0, 0.1) is 0 Å². The maximum absolute atomic E-state index is 5.55. The van der Waals surface area contributed by atoms with Gasteiger partial charge in [0, 0.05) is 0 Å². The predicted molar refractivity (Wildman–Crippen MR) is 58.7 cm³/mol. The molecule has 1 rings (SSSR count). The van der Waals surface area contributed by atoms with Crippen LogP contribution in [0.2, 0.25) is 0 Å². The van der Waals surface area contributed by atoms with E-state index in [1.807, 2.05) is 6.92 Å². The predicted octanol–water partition coefficient (Wildman–Crippen LogP) is 1.99. The fourth-order valence-electron chi connectivity index (χ4n) is 1.26. The minimum atomic E-state index is -0.00926. The molecule has 0 saturated carbocycles. The van der Waals surface area contributed by atoms with E-state index >= 15 is 0 Å². The van der Waals surface area contributed by atoms with E-state index in [-0.39, 0.29) is 19.2 Å². The first-order chi connectivity index (χ1) is 5.18. The fourth-order valence-corrected chi connectivity index (χ4v) is 2.62. The van der Waals surface area contributed by atoms with Gasteiger partial charge in [-0.15, -0.1) is 0 Å². The topological polar surface area (TPSA) is 50.0 Å². The van der Waals surface area contributed by atoms with Gasteiger partial charge in [0.2, 0.25) is 0 Å². The van der Waals surface area contributed by atoms with Crippen molar-refractivity contribution in [2.75, 3.05) is 6.61 Å². The molecule has 1 aliphatic rings. The molecule has 4 heteroatoms. The normalized spacial score (nSPS) is 36.7. The lowest BCUT2D eigenvalue weighted by Crippen LogP contribution is -2.23. The Labute approximate surface area is 83.3 Å². The first kappa shape index (κ1) is 15.8. The van der Waals surface area contributed by atoms with Crippen LogP contribution in [-0.2, 0) is 9.47 Å². The highest BCUT2D eigenvalue weighted by Crippen LogP contribution is 2.30. The molecule has 0 aliphatic carbocycles. The molecule has 0 amide bonds. The minimum Gasteiger partial charge on any atom is -0.412 e. The quantitative estimate of drug-likeness (QED) is 0.574. The van der Waals surface area contributed by atoms with Crippen LogP contribution in [0.5, 0.6) is 0 Å². The van der Waals surface area contributed by atoms with Gasteiger partial charge in [0.1, 0.15) is 0 Å². The van der Waals surface area contributed by atoms with Gasteiger partial charge < -0.3 is 14.9 Å². The van der Waals surface area contributed by atoms with Crippen molar-refractivity contribution in [3.8, 4) is 0 Å². The van der Waals surface area contributed by atoms with Crippen molar-refractivity contribution >= 4 is 8.58 Å². The van der Waals surface area contributed by atoms with Crippen LogP contribution in [-0.4, -0.2) is 29.9 Å². The smallest absolute Gasteiger partial charge is 0.155 e. The summed E-state index contributed by atoms with van der Waals surface area (Å²) in [4.78, 5) is 0. The Morgan fingerprint density at radius 1 is 1.23 bits per heavy atom. The Morgan fingerprint density at radius 3 is 2.46 bits per heavy atom. The Balaban J connectivity index is 0. The maximum atomic E-state index is 5.55. The van der Waals surface area contributed by atoms with E-state index in [9.17, 15) is 0 Å². The minimum absolute atomic E-state index is 0. The highest BCUT2D eigenvalue weighted by molar-refractivity contribution is 7.39. The first-order valence-electron chi connectivity index (χ1n) is 4.21. The van der Waals surface area contributed by atoms with Crippen LogP contribution < -0.4 is 0 Å². The lowest BCUT2D eigenvalue weighted by molar-refractivity contribution is -0.139. The van der Waals surface area contributed by atoms with E-state index in [0.29, 0.717) is 5.85 Å². The van der Waals surface area contributed by atoms with E-state index in [0.717, 1.165) is 20.8 Å². The Morgan fingerprint density at radius 2 is 1.85 bits per heavy atom. The Kier molecular flexibility index (Phi) is 9.33. The second kappa shape index (κ2) is 7.69. The van der Waals surface area contributed by atoms with Gasteiger partial charge in [-0.05, 0) is 25.9 Å². The number of hydrogen-bond donors (Lipinski definition) is 0. The summed E-state index contributed by atoms with van der Waals surface area (Å²) in [6, 6.07) is 0. The Bertz CT molecular complexity index is 109.